The summed E-state index contributed by atoms with van der Waals surface area (Å²) in [5.41, 5.74) is -0.857. The van der Waals surface area contributed by atoms with Gasteiger partial charge in [-0.25, -0.2) is 0 Å². The van der Waals surface area contributed by atoms with Crippen LogP contribution in [0.1, 0.15) is 36.3 Å². The van der Waals surface area contributed by atoms with Gasteiger partial charge in [0, 0.05) is 63.5 Å². The van der Waals surface area contributed by atoms with E-state index in [1.54, 1.807) is 16.9 Å². The fourth-order valence-corrected chi connectivity index (χ4v) is 6.31. The minimum atomic E-state index is -4.97. The van der Waals surface area contributed by atoms with Crippen LogP contribution in [0.2, 0.25) is 0 Å². The first kappa shape index (κ1) is 26.9. The maximum atomic E-state index is 14.5. The molecule has 5 rings (SSSR count). The Kier molecular flexibility index (Phi) is 7.00. The molecule has 2 fully saturated rings. The van der Waals surface area contributed by atoms with Gasteiger partial charge in [-0.15, -0.1) is 0 Å². The average molecular weight is 541 g/mol. The molecular formula is C29H31F3N4O3. The van der Waals surface area contributed by atoms with Crippen LogP contribution in [-0.4, -0.2) is 59.4 Å². The van der Waals surface area contributed by atoms with E-state index in [9.17, 15) is 22.8 Å². The SMILES string of the molecule is CO[C@@](C(=O)N1CCC2(CC1)CC(=O)NCC2c1ccccc1-c1cnn(C)c1)(c1ccccc1)C(F)(F)F. The van der Waals surface area contributed by atoms with E-state index in [1.807, 2.05) is 37.5 Å². The summed E-state index contributed by atoms with van der Waals surface area (Å²) in [6, 6.07) is 15.0. The van der Waals surface area contributed by atoms with Gasteiger partial charge in [0.1, 0.15) is 0 Å². The van der Waals surface area contributed by atoms with Gasteiger partial charge in [-0.1, -0.05) is 54.6 Å². The molecule has 7 nitrogen and oxygen atoms in total. The number of piperidine rings is 2. The average Bonchev–Trinajstić information content (AvgIpc) is 3.36. The number of benzene rings is 2. The predicted molar refractivity (Wildman–Crippen MR) is 138 cm³/mol. The number of amides is 2. The van der Waals surface area contributed by atoms with Crippen LogP contribution < -0.4 is 5.32 Å². The van der Waals surface area contributed by atoms with Crippen LogP contribution in [-0.2, 0) is 27.0 Å². The molecule has 0 bridgehead atoms. The molecule has 2 saturated heterocycles. The van der Waals surface area contributed by atoms with Crippen LogP contribution in [0.5, 0.6) is 0 Å². The van der Waals surface area contributed by atoms with Crippen LogP contribution in [0.25, 0.3) is 11.1 Å². The van der Waals surface area contributed by atoms with Crippen LogP contribution in [0.4, 0.5) is 13.2 Å². The highest BCUT2D eigenvalue weighted by Gasteiger charge is 2.64. The number of nitrogens with one attached hydrogen (secondary N) is 1. The zero-order chi connectivity index (χ0) is 27.8. The lowest BCUT2D eigenvalue weighted by molar-refractivity contribution is -0.271. The minimum absolute atomic E-state index is 0.0761. The van der Waals surface area contributed by atoms with E-state index >= 15 is 0 Å². The maximum Gasteiger partial charge on any atom is 0.430 e. The fraction of sp³-hybridized carbons (Fsp3) is 0.414. The second-order valence-corrected chi connectivity index (χ2v) is 10.4. The van der Waals surface area contributed by atoms with Gasteiger partial charge in [-0.3, -0.25) is 14.3 Å². The molecule has 206 valence electrons. The van der Waals surface area contributed by atoms with Gasteiger partial charge in [0.05, 0.1) is 6.20 Å². The molecule has 0 saturated carbocycles. The fourth-order valence-electron chi connectivity index (χ4n) is 6.31. The lowest BCUT2D eigenvalue weighted by Crippen LogP contribution is -2.60. The number of methoxy groups -OCH3 is 1. The number of ether oxygens (including phenoxy) is 1. The van der Waals surface area contributed by atoms with Crippen molar-refractivity contribution < 1.29 is 27.5 Å². The van der Waals surface area contributed by atoms with Crippen molar-refractivity contribution in [3.05, 3.63) is 78.1 Å². The second-order valence-electron chi connectivity index (χ2n) is 10.4. The van der Waals surface area contributed by atoms with Gasteiger partial charge in [-0.2, -0.15) is 18.3 Å². The molecule has 1 N–H and O–H groups in total. The Morgan fingerprint density at radius 2 is 1.74 bits per heavy atom. The number of hydrogen-bond donors (Lipinski definition) is 1. The summed E-state index contributed by atoms with van der Waals surface area (Å²) in [7, 11) is 2.76. The maximum absolute atomic E-state index is 14.5. The molecule has 2 amide bonds. The molecule has 3 heterocycles. The van der Waals surface area contributed by atoms with E-state index in [1.165, 1.54) is 29.2 Å². The number of carbonyl (C=O) groups excluding carboxylic acids is 2. The topological polar surface area (TPSA) is 76.5 Å². The molecule has 1 spiro atoms. The molecule has 2 aliphatic rings. The monoisotopic (exact) mass is 540 g/mol. The van der Waals surface area contributed by atoms with Gasteiger partial charge in [-0.05, 0) is 29.4 Å². The highest BCUT2D eigenvalue weighted by atomic mass is 19.4. The van der Waals surface area contributed by atoms with Gasteiger partial charge < -0.3 is 15.0 Å². The summed E-state index contributed by atoms with van der Waals surface area (Å²) in [6.07, 6.45) is -0.215. The van der Waals surface area contributed by atoms with Crippen LogP contribution >= 0.6 is 0 Å². The Morgan fingerprint density at radius 3 is 2.36 bits per heavy atom. The molecule has 0 aliphatic carbocycles. The number of alkyl halides is 3. The van der Waals surface area contributed by atoms with Crippen molar-refractivity contribution in [2.75, 3.05) is 26.7 Å². The standard InChI is InChI=1S/C29H31F3N4O3/c1-35-19-20(17-34-35)22-10-6-7-11-23(22)24-18-33-25(37)16-27(24)12-14-36(15-13-27)26(38)28(39-2,29(30,31)32)21-8-4-3-5-9-21/h3-11,17,19,24H,12-16,18H2,1-2H3,(H,33,37)/t24?,28-/m1/s1. The van der Waals surface area contributed by atoms with E-state index in [0.29, 0.717) is 19.4 Å². The molecule has 1 aromatic heterocycles. The normalized spacial score (nSPS) is 20.9. The Hall–Kier alpha value is -3.66. The third-order valence-electron chi connectivity index (χ3n) is 8.34. The van der Waals surface area contributed by atoms with Crippen molar-refractivity contribution in [1.82, 2.24) is 20.0 Å². The van der Waals surface area contributed by atoms with Crippen molar-refractivity contribution in [3.63, 3.8) is 0 Å². The van der Waals surface area contributed by atoms with E-state index in [4.69, 9.17) is 4.74 Å². The Labute approximate surface area is 224 Å². The lowest BCUT2D eigenvalue weighted by Gasteiger charge is -2.50. The van der Waals surface area contributed by atoms with Gasteiger partial charge in [0.15, 0.2) is 0 Å². The van der Waals surface area contributed by atoms with Crippen LogP contribution in [0.3, 0.4) is 0 Å². The van der Waals surface area contributed by atoms with E-state index < -0.39 is 23.1 Å². The minimum Gasteiger partial charge on any atom is -0.356 e. The van der Waals surface area contributed by atoms with Crippen LogP contribution in [0, 0.1) is 5.41 Å². The van der Waals surface area contributed by atoms with Crippen molar-refractivity contribution in [2.45, 2.75) is 37.0 Å². The predicted octanol–water partition coefficient (Wildman–Crippen LogP) is 4.40. The zero-order valence-electron chi connectivity index (χ0n) is 21.9. The number of aryl methyl sites for hydroxylation is 1. The number of rotatable bonds is 5. The highest BCUT2D eigenvalue weighted by molar-refractivity contribution is 5.88. The Bertz CT molecular complexity index is 1350. The summed E-state index contributed by atoms with van der Waals surface area (Å²) >= 11 is 0. The lowest BCUT2D eigenvalue weighted by atomic mass is 9.61. The molecule has 0 radical (unpaired) electrons. The summed E-state index contributed by atoms with van der Waals surface area (Å²) in [6.45, 7) is 0.593. The summed E-state index contributed by atoms with van der Waals surface area (Å²) in [5.74, 6) is -1.30. The zero-order valence-corrected chi connectivity index (χ0v) is 21.9. The number of hydrogen-bond acceptors (Lipinski definition) is 4. The number of nitrogens with zero attached hydrogens (tertiary/aromatic N) is 3. The van der Waals surface area contributed by atoms with Crippen molar-refractivity contribution >= 4 is 11.8 Å². The van der Waals surface area contributed by atoms with Crippen molar-refractivity contribution in [2.24, 2.45) is 12.5 Å². The summed E-state index contributed by atoms with van der Waals surface area (Å²) in [5, 5.41) is 7.29. The molecule has 3 aromatic rings. The van der Waals surface area contributed by atoms with Crippen LogP contribution in [0.15, 0.2) is 67.0 Å². The molecule has 1 unspecified atom stereocenters. The molecule has 2 atom stereocenters. The highest BCUT2D eigenvalue weighted by Crippen LogP contribution is 2.52. The van der Waals surface area contributed by atoms with Crippen molar-refractivity contribution in [3.8, 4) is 11.1 Å². The molecule has 2 aliphatic heterocycles. The third-order valence-corrected chi connectivity index (χ3v) is 8.34. The first-order valence-electron chi connectivity index (χ1n) is 12.9. The summed E-state index contributed by atoms with van der Waals surface area (Å²) < 4.78 is 50.3. The molecule has 10 heteroatoms. The number of halogens is 3. The first-order valence-corrected chi connectivity index (χ1v) is 12.9. The number of aromatic nitrogens is 2. The Morgan fingerprint density at radius 1 is 1.08 bits per heavy atom. The third kappa shape index (κ3) is 4.60. The smallest absolute Gasteiger partial charge is 0.356 e. The van der Waals surface area contributed by atoms with Gasteiger partial charge >= 0.3 is 6.18 Å². The molecule has 2 aromatic carbocycles. The first-order chi connectivity index (χ1) is 18.6. The summed E-state index contributed by atoms with van der Waals surface area (Å²) in [4.78, 5) is 27.5. The van der Waals surface area contributed by atoms with Gasteiger partial charge in [0.2, 0.25) is 5.91 Å². The second kappa shape index (κ2) is 10.1. The largest absolute Gasteiger partial charge is 0.430 e. The number of likely N-dealkylation sites (tertiary alicyclic amines) is 1. The van der Waals surface area contributed by atoms with E-state index in [0.717, 1.165) is 23.8 Å². The van der Waals surface area contributed by atoms with E-state index in [2.05, 4.69) is 10.4 Å². The Balaban J connectivity index is 1.46. The van der Waals surface area contributed by atoms with Crippen molar-refractivity contribution in [1.29, 1.82) is 0 Å². The van der Waals surface area contributed by atoms with Gasteiger partial charge in [0.25, 0.3) is 11.5 Å². The quantitative estimate of drug-likeness (QED) is 0.521. The molecular weight excluding hydrogens is 509 g/mol. The molecule has 39 heavy (non-hydrogen) atoms. The number of carbonyl (C=O) groups is 2. The van der Waals surface area contributed by atoms with E-state index in [-0.39, 0.29) is 36.9 Å².